The number of benzene rings is 2. The first-order valence-corrected chi connectivity index (χ1v) is 8.81. The van der Waals surface area contributed by atoms with Gasteiger partial charge in [0, 0.05) is 12.1 Å². The van der Waals surface area contributed by atoms with Crippen molar-refractivity contribution in [3.8, 4) is 5.75 Å². The van der Waals surface area contributed by atoms with Crippen LogP contribution in [0.15, 0.2) is 53.5 Å². The topological polar surface area (TPSA) is 88.7 Å². The molecule has 0 saturated heterocycles. The molecule has 2 aromatic carbocycles. The minimum Gasteiger partial charge on any atom is -0.489 e. The van der Waals surface area contributed by atoms with Gasteiger partial charge in [-0.3, -0.25) is 4.79 Å². The van der Waals surface area contributed by atoms with Gasteiger partial charge in [0.25, 0.3) is 0 Å². The quantitative estimate of drug-likeness (QED) is 0.296. The number of hydrogen-bond donors (Lipinski definition) is 3. The third-order valence-corrected chi connectivity index (χ3v) is 3.71. The lowest BCUT2D eigenvalue weighted by molar-refractivity contribution is 0.100. The van der Waals surface area contributed by atoms with Crippen LogP contribution in [-0.2, 0) is 6.54 Å². The molecule has 0 saturated carbocycles. The van der Waals surface area contributed by atoms with Crippen LogP contribution >= 0.6 is 24.0 Å². The SMILES string of the molecule is CCNC(=NCc1ccc(C(N)=O)cc1)NCC(C)Oc1ccc(F)cc1.I. The summed E-state index contributed by atoms with van der Waals surface area (Å²) >= 11 is 0. The highest BCUT2D eigenvalue weighted by molar-refractivity contribution is 14.0. The van der Waals surface area contributed by atoms with Crippen LogP contribution in [0, 0.1) is 5.82 Å². The van der Waals surface area contributed by atoms with E-state index in [1.54, 1.807) is 24.3 Å². The molecule has 0 aliphatic rings. The van der Waals surface area contributed by atoms with Gasteiger partial charge in [0.15, 0.2) is 5.96 Å². The Morgan fingerprint density at radius 2 is 1.79 bits per heavy atom. The summed E-state index contributed by atoms with van der Waals surface area (Å²) in [6.45, 7) is 5.62. The van der Waals surface area contributed by atoms with Crippen LogP contribution in [0.5, 0.6) is 5.75 Å². The Labute approximate surface area is 181 Å². The molecule has 0 heterocycles. The fourth-order valence-corrected chi connectivity index (χ4v) is 2.31. The third kappa shape index (κ3) is 8.12. The Balaban J connectivity index is 0.00000392. The normalized spacial score (nSPS) is 11.9. The molecule has 1 unspecified atom stereocenters. The minimum absolute atomic E-state index is 0. The lowest BCUT2D eigenvalue weighted by Crippen LogP contribution is -2.41. The van der Waals surface area contributed by atoms with Crippen LogP contribution in [0.2, 0.25) is 0 Å². The van der Waals surface area contributed by atoms with E-state index in [1.807, 2.05) is 26.0 Å². The molecular formula is C20H26FIN4O2. The largest absolute Gasteiger partial charge is 0.489 e. The zero-order valence-corrected chi connectivity index (χ0v) is 18.3. The van der Waals surface area contributed by atoms with E-state index in [9.17, 15) is 9.18 Å². The van der Waals surface area contributed by atoms with Crippen LogP contribution in [0.3, 0.4) is 0 Å². The molecule has 0 radical (unpaired) electrons. The molecule has 6 nitrogen and oxygen atoms in total. The van der Waals surface area contributed by atoms with Crippen molar-refractivity contribution in [1.29, 1.82) is 0 Å². The smallest absolute Gasteiger partial charge is 0.248 e. The van der Waals surface area contributed by atoms with Gasteiger partial charge in [-0.05, 0) is 55.8 Å². The summed E-state index contributed by atoms with van der Waals surface area (Å²) < 4.78 is 18.7. The molecule has 0 fully saturated rings. The summed E-state index contributed by atoms with van der Waals surface area (Å²) in [6.07, 6.45) is -0.130. The van der Waals surface area contributed by atoms with Gasteiger partial charge in [0.1, 0.15) is 17.7 Å². The number of nitrogens with one attached hydrogen (secondary N) is 2. The Bertz CT molecular complexity index is 767. The zero-order valence-electron chi connectivity index (χ0n) is 15.9. The molecule has 0 aliphatic heterocycles. The van der Waals surface area contributed by atoms with Crippen LogP contribution in [0.1, 0.15) is 29.8 Å². The van der Waals surface area contributed by atoms with Gasteiger partial charge in [-0.1, -0.05) is 12.1 Å². The van der Waals surface area contributed by atoms with Gasteiger partial charge in [-0.25, -0.2) is 9.38 Å². The van der Waals surface area contributed by atoms with Crippen molar-refractivity contribution in [2.24, 2.45) is 10.7 Å². The number of guanidine groups is 1. The van der Waals surface area contributed by atoms with E-state index in [1.165, 1.54) is 12.1 Å². The van der Waals surface area contributed by atoms with E-state index in [-0.39, 0.29) is 35.9 Å². The summed E-state index contributed by atoms with van der Waals surface area (Å²) in [7, 11) is 0. The summed E-state index contributed by atoms with van der Waals surface area (Å²) in [5.74, 6) is 0.530. The van der Waals surface area contributed by atoms with E-state index < -0.39 is 5.91 Å². The van der Waals surface area contributed by atoms with Gasteiger partial charge in [-0.15, -0.1) is 24.0 Å². The maximum absolute atomic E-state index is 12.9. The Morgan fingerprint density at radius 3 is 2.36 bits per heavy atom. The second-order valence-electron chi connectivity index (χ2n) is 6.02. The summed E-state index contributed by atoms with van der Waals surface area (Å²) in [5, 5.41) is 6.39. The average Bonchev–Trinajstić information content (AvgIpc) is 2.66. The maximum atomic E-state index is 12.9. The number of primary amides is 1. The van der Waals surface area contributed by atoms with Crippen LogP contribution in [0.25, 0.3) is 0 Å². The highest BCUT2D eigenvalue weighted by atomic mass is 127. The van der Waals surface area contributed by atoms with E-state index in [0.29, 0.717) is 30.4 Å². The van der Waals surface area contributed by atoms with Crippen LogP contribution in [-0.4, -0.2) is 31.1 Å². The van der Waals surface area contributed by atoms with Crippen molar-refractivity contribution in [2.45, 2.75) is 26.5 Å². The highest BCUT2D eigenvalue weighted by Crippen LogP contribution is 2.12. The lowest BCUT2D eigenvalue weighted by atomic mass is 10.1. The zero-order chi connectivity index (χ0) is 19.6. The molecule has 1 atom stereocenters. The van der Waals surface area contributed by atoms with Crippen molar-refractivity contribution in [2.75, 3.05) is 13.1 Å². The lowest BCUT2D eigenvalue weighted by Gasteiger charge is -2.17. The number of amides is 1. The van der Waals surface area contributed by atoms with Crippen LogP contribution < -0.4 is 21.1 Å². The molecular weight excluding hydrogens is 474 g/mol. The molecule has 152 valence electrons. The molecule has 2 aromatic rings. The Morgan fingerprint density at radius 1 is 1.14 bits per heavy atom. The number of nitrogens with zero attached hydrogens (tertiary/aromatic N) is 1. The number of rotatable bonds is 8. The van der Waals surface area contributed by atoms with Gasteiger partial charge in [0.05, 0.1) is 13.1 Å². The number of nitrogens with two attached hydrogens (primary N) is 1. The summed E-state index contributed by atoms with van der Waals surface area (Å²) in [4.78, 5) is 15.6. The van der Waals surface area contributed by atoms with E-state index in [2.05, 4.69) is 15.6 Å². The predicted molar refractivity (Wildman–Crippen MR) is 120 cm³/mol. The number of carbonyl (C=O) groups is 1. The predicted octanol–water partition coefficient (Wildman–Crippen LogP) is 3.07. The van der Waals surface area contributed by atoms with Gasteiger partial charge in [0.2, 0.25) is 5.91 Å². The first-order chi connectivity index (χ1) is 13.0. The standard InChI is InChI=1S/C20H25FN4O2.HI/c1-3-23-20(25-13-15-4-6-16(7-5-15)19(22)26)24-12-14(2)27-18-10-8-17(21)9-11-18;/h4-11,14H,3,12-13H2,1-2H3,(H2,22,26)(H2,23,24,25);1H. The first kappa shape index (κ1) is 23.7. The number of hydrogen-bond acceptors (Lipinski definition) is 3. The Hall–Kier alpha value is -2.36. The van der Waals surface area contributed by atoms with Crippen molar-refractivity contribution in [3.05, 3.63) is 65.5 Å². The molecule has 0 spiro atoms. The average molecular weight is 500 g/mol. The van der Waals surface area contributed by atoms with E-state index in [0.717, 1.165) is 12.1 Å². The maximum Gasteiger partial charge on any atom is 0.248 e. The van der Waals surface area contributed by atoms with Crippen molar-refractivity contribution >= 4 is 35.8 Å². The van der Waals surface area contributed by atoms with Gasteiger partial charge < -0.3 is 21.1 Å². The molecule has 0 bridgehead atoms. The number of aliphatic imine (C=N–C) groups is 1. The second-order valence-corrected chi connectivity index (χ2v) is 6.02. The summed E-state index contributed by atoms with van der Waals surface area (Å²) in [5.41, 5.74) is 6.68. The Kier molecular flexibility index (Phi) is 10.3. The van der Waals surface area contributed by atoms with E-state index >= 15 is 0 Å². The molecule has 8 heteroatoms. The fourth-order valence-electron chi connectivity index (χ4n) is 2.31. The molecule has 0 aliphatic carbocycles. The van der Waals surface area contributed by atoms with Crippen molar-refractivity contribution in [3.63, 3.8) is 0 Å². The second kappa shape index (κ2) is 12.2. The molecule has 4 N–H and O–H groups in total. The molecule has 28 heavy (non-hydrogen) atoms. The van der Waals surface area contributed by atoms with E-state index in [4.69, 9.17) is 10.5 Å². The van der Waals surface area contributed by atoms with Crippen LogP contribution in [0.4, 0.5) is 4.39 Å². The third-order valence-electron chi connectivity index (χ3n) is 3.71. The number of ether oxygens (including phenoxy) is 1. The minimum atomic E-state index is -0.449. The molecule has 1 amide bonds. The summed E-state index contributed by atoms with van der Waals surface area (Å²) in [6, 6.07) is 13.0. The fraction of sp³-hybridized carbons (Fsp3) is 0.300. The first-order valence-electron chi connectivity index (χ1n) is 8.81. The highest BCUT2D eigenvalue weighted by Gasteiger charge is 2.06. The number of halogens is 2. The van der Waals surface area contributed by atoms with Gasteiger partial charge in [-0.2, -0.15) is 0 Å². The van der Waals surface area contributed by atoms with Gasteiger partial charge >= 0.3 is 0 Å². The number of carbonyl (C=O) groups excluding carboxylic acids is 1. The molecule has 0 aromatic heterocycles. The monoisotopic (exact) mass is 500 g/mol. The molecule has 2 rings (SSSR count). The van der Waals surface area contributed by atoms with Crippen molar-refractivity contribution < 1.29 is 13.9 Å². The van der Waals surface area contributed by atoms with Crippen molar-refractivity contribution in [1.82, 2.24) is 10.6 Å².